The molecule has 0 saturated heterocycles. The minimum Gasteiger partial charge on any atom is -0.371 e. The molecule has 0 saturated carbocycles. The Labute approximate surface area is 141 Å². The summed E-state index contributed by atoms with van der Waals surface area (Å²) in [5.74, 6) is 1.42. The van der Waals surface area contributed by atoms with E-state index in [1.807, 2.05) is 24.3 Å². The summed E-state index contributed by atoms with van der Waals surface area (Å²) in [6.45, 7) is 1.22. The van der Waals surface area contributed by atoms with Crippen molar-refractivity contribution in [2.24, 2.45) is 0 Å². The topological polar surface area (TPSA) is 38.3 Å². The molecule has 3 nitrogen and oxygen atoms in total. The molecule has 1 N–H and O–H groups in total. The highest BCUT2D eigenvalue weighted by atomic mass is 32.2. The van der Waals surface area contributed by atoms with E-state index in [0.29, 0.717) is 18.9 Å². The van der Waals surface area contributed by atoms with E-state index >= 15 is 0 Å². The van der Waals surface area contributed by atoms with Gasteiger partial charge in [0.2, 0.25) is 5.91 Å². The summed E-state index contributed by atoms with van der Waals surface area (Å²) in [7, 11) is 0. The lowest BCUT2D eigenvalue weighted by atomic mass is 9.99. The number of carbonyl (C=O) groups excluding carboxylic acids is 1. The van der Waals surface area contributed by atoms with E-state index in [9.17, 15) is 4.79 Å². The Morgan fingerprint density at radius 3 is 2.65 bits per heavy atom. The number of benzene rings is 2. The minimum atomic E-state index is 0.0768. The van der Waals surface area contributed by atoms with Crippen molar-refractivity contribution < 1.29 is 9.53 Å². The molecular weight excluding hydrogens is 306 g/mol. The van der Waals surface area contributed by atoms with Crippen molar-refractivity contribution in [3.05, 3.63) is 71.3 Å². The molecule has 1 atom stereocenters. The molecule has 1 unspecified atom stereocenters. The van der Waals surface area contributed by atoms with Gasteiger partial charge in [-0.25, -0.2) is 0 Å². The van der Waals surface area contributed by atoms with E-state index in [4.69, 9.17) is 4.74 Å². The molecule has 1 aliphatic heterocycles. The van der Waals surface area contributed by atoms with Crippen LogP contribution in [0.15, 0.2) is 54.6 Å². The van der Waals surface area contributed by atoms with Gasteiger partial charge in [-0.3, -0.25) is 4.79 Å². The van der Waals surface area contributed by atoms with Crippen LogP contribution in [-0.2, 0) is 28.3 Å². The monoisotopic (exact) mass is 327 g/mol. The largest absolute Gasteiger partial charge is 0.371 e. The van der Waals surface area contributed by atoms with Crippen molar-refractivity contribution in [3.63, 3.8) is 0 Å². The zero-order valence-electron chi connectivity index (χ0n) is 13.0. The van der Waals surface area contributed by atoms with Crippen molar-refractivity contribution in [3.8, 4) is 0 Å². The number of ether oxygens (including phenoxy) is 1. The zero-order valence-corrected chi connectivity index (χ0v) is 13.9. The van der Waals surface area contributed by atoms with E-state index in [0.717, 1.165) is 12.2 Å². The predicted molar refractivity (Wildman–Crippen MR) is 94.3 cm³/mol. The van der Waals surface area contributed by atoms with Gasteiger partial charge in [-0.15, -0.1) is 11.8 Å². The first kappa shape index (κ1) is 16.1. The minimum absolute atomic E-state index is 0.0768. The molecule has 4 heteroatoms. The summed E-state index contributed by atoms with van der Waals surface area (Å²) in [6.07, 6.45) is 0.945. The van der Waals surface area contributed by atoms with Crippen LogP contribution in [0.5, 0.6) is 0 Å². The standard InChI is InChI=1S/C19H21NO2S/c21-19(14-23-13-15-6-2-1-3-7-15)20-11-18-10-16-8-4-5-9-17(16)12-22-18/h1-9,18H,10-14H2,(H,20,21). The summed E-state index contributed by atoms with van der Waals surface area (Å²) in [5.41, 5.74) is 3.84. The second-order valence-corrected chi connectivity index (χ2v) is 6.67. The molecule has 3 rings (SSSR count). The quantitative estimate of drug-likeness (QED) is 0.885. The first-order valence-corrected chi connectivity index (χ1v) is 9.03. The van der Waals surface area contributed by atoms with Crippen LogP contribution < -0.4 is 5.32 Å². The average molecular weight is 327 g/mol. The summed E-state index contributed by atoms with van der Waals surface area (Å²) >= 11 is 1.64. The average Bonchev–Trinajstić information content (AvgIpc) is 2.61. The third kappa shape index (κ3) is 4.85. The van der Waals surface area contributed by atoms with Crippen molar-refractivity contribution >= 4 is 17.7 Å². The Kier molecular flexibility index (Phi) is 5.72. The van der Waals surface area contributed by atoms with Crippen LogP contribution in [-0.4, -0.2) is 24.3 Å². The van der Waals surface area contributed by atoms with Crippen molar-refractivity contribution in [2.45, 2.75) is 24.9 Å². The number of fused-ring (bicyclic) bond motifs is 1. The Balaban J connectivity index is 1.37. The number of rotatable bonds is 6. The molecule has 1 aliphatic rings. The molecule has 1 heterocycles. The van der Waals surface area contributed by atoms with Gasteiger partial charge < -0.3 is 10.1 Å². The maximum Gasteiger partial charge on any atom is 0.230 e. The van der Waals surface area contributed by atoms with E-state index in [2.05, 4.69) is 35.6 Å². The molecule has 120 valence electrons. The maximum absolute atomic E-state index is 11.9. The van der Waals surface area contributed by atoms with Crippen LogP contribution in [0.3, 0.4) is 0 Å². The third-order valence-electron chi connectivity index (χ3n) is 3.91. The van der Waals surface area contributed by atoms with E-state index in [1.165, 1.54) is 16.7 Å². The molecule has 2 aromatic carbocycles. The van der Waals surface area contributed by atoms with Crippen LogP contribution in [0.4, 0.5) is 0 Å². The number of thioether (sulfide) groups is 1. The van der Waals surface area contributed by atoms with Gasteiger partial charge in [0.1, 0.15) is 0 Å². The van der Waals surface area contributed by atoms with Gasteiger partial charge >= 0.3 is 0 Å². The smallest absolute Gasteiger partial charge is 0.230 e. The molecular formula is C19H21NO2S. The lowest BCUT2D eigenvalue weighted by Crippen LogP contribution is -2.37. The van der Waals surface area contributed by atoms with Crippen LogP contribution in [0.25, 0.3) is 0 Å². The van der Waals surface area contributed by atoms with Gasteiger partial charge in [0, 0.05) is 18.7 Å². The molecule has 0 aliphatic carbocycles. The van der Waals surface area contributed by atoms with E-state index < -0.39 is 0 Å². The van der Waals surface area contributed by atoms with Gasteiger partial charge in [-0.05, 0) is 16.7 Å². The predicted octanol–water partition coefficient (Wildman–Crippen LogP) is 3.18. The normalized spacial score (nSPS) is 16.6. The second-order valence-electron chi connectivity index (χ2n) is 5.69. The fraction of sp³-hybridized carbons (Fsp3) is 0.316. The Hall–Kier alpha value is -1.78. The van der Waals surface area contributed by atoms with Crippen molar-refractivity contribution in [2.75, 3.05) is 12.3 Å². The summed E-state index contributed by atoms with van der Waals surface area (Å²) in [4.78, 5) is 11.9. The maximum atomic E-state index is 11.9. The highest BCUT2D eigenvalue weighted by Crippen LogP contribution is 2.19. The highest BCUT2D eigenvalue weighted by Gasteiger charge is 2.19. The zero-order chi connectivity index (χ0) is 15.9. The van der Waals surface area contributed by atoms with Crippen molar-refractivity contribution in [1.82, 2.24) is 5.32 Å². The van der Waals surface area contributed by atoms with Gasteiger partial charge in [0.05, 0.1) is 18.5 Å². The molecule has 0 bridgehead atoms. The summed E-state index contributed by atoms with van der Waals surface area (Å²) in [6, 6.07) is 18.5. The lowest BCUT2D eigenvalue weighted by Gasteiger charge is -2.25. The fourth-order valence-corrected chi connectivity index (χ4v) is 3.47. The van der Waals surface area contributed by atoms with Crippen LogP contribution >= 0.6 is 11.8 Å². The van der Waals surface area contributed by atoms with Gasteiger partial charge in [0.25, 0.3) is 0 Å². The Bertz CT molecular complexity index is 645. The van der Waals surface area contributed by atoms with Gasteiger partial charge in [-0.1, -0.05) is 54.6 Å². The van der Waals surface area contributed by atoms with Gasteiger partial charge in [-0.2, -0.15) is 0 Å². The Morgan fingerprint density at radius 2 is 1.83 bits per heavy atom. The number of hydrogen-bond acceptors (Lipinski definition) is 3. The molecule has 0 fully saturated rings. The van der Waals surface area contributed by atoms with E-state index in [1.54, 1.807) is 11.8 Å². The van der Waals surface area contributed by atoms with E-state index in [-0.39, 0.29) is 12.0 Å². The second kappa shape index (κ2) is 8.18. The molecule has 2 aromatic rings. The highest BCUT2D eigenvalue weighted by molar-refractivity contribution is 7.99. The SMILES string of the molecule is O=C(CSCc1ccccc1)NCC1Cc2ccccc2CO1. The third-order valence-corrected chi connectivity index (χ3v) is 4.92. The first-order chi connectivity index (χ1) is 11.3. The van der Waals surface area contributed by atoms with Gasteiger partial charge in [0.15, 0.2) is 0 Å². The molecule has 0 spiro atoms. The van der Waals surface area contributed by atoms with Crippen LogP contribution in [0.1, 0.15) is 16.7 Å². The Morgan fingerprint density at radius 1 is 1.09 bits per heavy atom. The fourth-order valence-electron chi connectivity index (χ4n) is 2.65. The molecule has 23 heavy (non-hydrogen) atoms. The number of hydrogen-bond donors (Lipinski definition) is 1. The summed E-state index contributed by atoms with van der Waals surface area (Å²) < 4.78 is 5.81. The van der Waals surface area contributed by atoms with Crippen LogP contribution in [0.2, 0.25) is 0 Å². The number of amides is 1. The van der Waals surface area contributed by atoms with Crippen molar-refractivity contribution in [1.29, 1.82) is 0 Å². The molecule has 1 amide bonds. The lowest BCUT2D eigenvalue weighted by molar-refractivity contribution is -0.119. The number of nitrogens with one attached hydrogen (secondary N) is 1. The molecule has 0 aromatic heterocycles. The number of carbonyl (C=O) groups is 1. The first-order valence-electron chi connectivity index (χ1n) is 7.88. The summed E-state index contributed by atoms with van der Waals surface area (Å²) in [5, 5.41) is 2.98. The molecule has 0 radical (unpaired) electrons. The van der Waals surface area contributed by atoms with Crippen LogP contribution in [0, 0.1) is 0 Å².